The molecule has 0 atom stereocenters. The van der Waals surface area contributed by atoms with Crippen LogP contribution < -0.4 is 10.6 Å². The second-order valence-corrected chi connectivity index (χ2v) is 4.21. The van der Waals surface area contributed by atoms with Gasteiger partial charge in [-0.2, -0.15) is 0 Å². The number of hydrogen-bond acceptors (Lipinski definition) is 3. The third kappa shape index (κ3) is 3.16. The molecule has 0 aliphatic heterocycles. The third-order valence-corrected chi connectivity index (χ3v) is 2.58. The zero-order valence-corrected chi connectivity index (χ0v) is 9.98. The highest BCUT2D eigenvalue weighted by atomic mass is 16.2. The van der Waals surface area contributed by atoms with E-state index in [1.807, 2.05) is 0 Å². The quantitative estimate of drug-likeness (QED) is 0.757. The van der Waals surface area contributed by atoms with Gasteiger partial charge in [-0.1, -0.05) is 6.08 Å². The normalized spacial score (nSPS) is 13.8. The Morgan fingerprint density at radius 3 is 2.61 bits per heavy atom. The largest absolute Gasteiger partial charge is 0.349 e. The van der Waals surface area contributed by atoms with Gasteiger partial charge >= 0.3 is 0 Å². The maximum absolute atomic E-state index is 11.8. The number of pyridine rings is 1. The van der Waals surface area contributed by atoms with Crippen molar-refractivity contribution in [2.75, 3.05) is 6.54 Å². The zero-order chi connectivity index (χ0) is 13.0. The SMILES string of the molecule is C=CCNC(=O)c1cncc(C(=O)NC2CC2)c1. The second kappa shape index (κ2) is 5.44. The minimum atomic E-state index is -0.261. The van der Waals surface area contributed by atoms with E-state index in [0.29, 0.717) is 17.7 Å². The number of rotatable bonds is 5. The van der Waals surface area contributed by atoms with Gasteiger partial charge in [0.05, 0.1) is 11.1 Å². The van der Waals surface area contributed by atoms with Gasteiger partial charge in [0.2, 0.25) is 0 Å². The lowest BCUT2D eigenvalue weighted by atomic mass is 10.2. The summed E-state index contributed by atoms with van der Waals surface area (Å²) in [5.74, 6) is -0.438. The van der Waals surface area contributed by atoms with Crippen molar-refractivity contribution >= 4 is 11.8 Å². The number of amides is 2. The summed E-state index contributed by atoms with van der Waals surface area (Å²) in [6.07, 6.45) is 6.54. The zero-order valence-electron chi connectivity index (χ0n) is 9.98. The highest BCUT2D eigenvalue weighted by Crippen LogP contribution is 2.19. The molecular formula is C13H15N3O2. The fourth-order valence-corrected chi connectivity index (χ4v) is 1.45. The molecule has 2 amide bonds. The molecule has 5 heteroatoms. The van der Waals surface area contributed by atoms with Crippen LogP contribution in [0.25, 0.3) is 0 Å². The first-order valence-corrected chi connectivity index (χ1v) is 5.85. The molecule has 0 saturated heterocycles. The average molecular weight is 245 g/mol. The molecule has 1 aliphatic carbocycles. The van der Waals surface area contributed by atoms with Crippen molar-refractivity contribution in [3.8, 4) is 0 Å². The van der Waals surface area contributed by atoms with Gasteiger partial charge in [0.15, 0.2) is 0 Å². The van der Waals surface area contributed by atoms with Crippen LogP contribution in [-0.4, -0.2) is 29.4 Å². The molecule has 1 heterocycles. The van der Waals surface area contributed by atoms with E-state index < -0.39 is 0 Å². The molecule has 1 fully saturated rings. The van der Waals surface area contributed by atoms with Crippen molar-refractivity contribution in [1.29, 1.82) is 0 Å². The fraction of sp³-hybridized carbons (Fsp3) is 0.308. The van der Waals surface area contributed by atoms with Crippen LogP contribution in [0.3, 0.4) is 0 Å². The van der Waals surface area contributed by atoms with E-state index in [4.69, 9.17) is 0 Å². The molecule has 0 bridgehead atoms. The van der Waals surface area contributed by atoms with Crippen LogP contribution in [0, 0.1) is 0 Å². The van der Waals surface area contributed by atoms with Gasteiger partial charge in [0.1, 0.15) is 0 Å². The molecular weight excluding hydrogens is 230 g/mol. The molecule has 0 aromatic carbocycles. The summed E-state index contributed by atoms with van der Waals surface area (Å²) in [6.45, 7) is 3.90. The fourth-order valence-electron chi connectivity index (χ4n) is 1.45. The van der Waals surface area contributed by atoms with Crippen molar-refractivity contribution in [2.24, 2.45) is 0 Å². The van der Waals surface area contributed by atoms with Crippen LogP contribution >= 0.6 is 0 Å². The van der Waals surface area contributed by atoms with Gasteiger partial charge in [-0.05, 0) is 18.9 Å². The molecule has 18 heavy (non-hydrogen) atoms. The first-order valence-electron chi connectivity index (χ1n) is 5.85. The molecule has 5 nitrogen and oxygen atoms in total. The van der Waals surface area contributed by atoms with Crippen LogP contribution in [0.1, 0.15) is 33.6 Å². The monoisotopic (exact) mass is 245 g/mol. The van der Waals surface area contributed by atoms with E-state index >= 15 is 0 Å². The van der Waals surface area contributed by atoms with Crippen molar-refractivity contribution in [1.82, 2.24) is 15.6 Å². The van der Waals surface area contributed by atoms with Gasteiger partial charge in [0, 0.05) is 25.0 Å². The van der Waals surface area contributed by atoms with Gasteiger partial charge in [-0.25, -0.2) is 0 Å². The number of hydrogen-bond donors (Lipinski definition) is 2. The number of nitrogens with zero attached hydrogens (tertiary/aromatic N) is 1. The lowest BCUT2D eigenvalue weighted by Crippen LogP contribution is -2.27. The predicted molar refractivity (Wildman–Crippen MR) is 67.3 cm³/mol. The topological polar surface area (TPSA) is 71.1 Å². The summed E-state index contributed by atoms with van der Waals surface area (Å²) in [4.78, 5) is 27.4. The van der Waals surface area contributed by atoms with Gasteiger partial charge < -0.3 is 10.6 Å². The molecule has 1 aromatic rings. The summed E-state index contributed by atoms with van der Waals surface area (Å²) in [5.41, 5.74) is 0.786. The number of aromatic nitrogens is 1. The Balaban J connectivity index is 2.05. The van der Waals surface area contributed by atoms with Crippen LogP contribution in [0.15, 0.2) is 31.1 Å². The van der Waals surface area contributed by atoms with E-state index in [1.54, 1.807) is 12.1 Å². The first kappa shape index (κ1) is 12.3. The van der Waals surface area contributed by atoms with Crippen LogP contribution in [-0.2, 0) is 0 Å². The van der Waals surface area contributed by atoms with Crippen molar-refractivity contribution in [3.63, 3.8) is 0 Å². The van der Waals surface area contributed by atoms with Gasteiger partial charge in [-0.15, -0.1) is 6.58 Å². The number of nitrogens with one attached hydrogen (secondary N) is 2. The number of carbonyl (C=O) groups excluding carboxylic acids is 2. The summed E-state index contributed by atoms with van der Waals surface area (Å²) in [7, 11) is 0. The van der Waals surface area contributed by atoms with E-state index in [2.05, 4.69) is 22.2 Å². The maximum atomic E-state index is 11.8. The summed E-state index contributed by atoms with van der Waals surface area (Å²) >= 11 is 0. The lowest BCUT2D eigenvalue weighted by Gasteiger charge is -2.05. The smallest absolute Gasteiger partial charge is 0.253 e. The summed E-state index contributed by atoms with van der Waals surface area (Å²) in [6, 6.07) is 1.83. The Hall–Kier alpha value is -2.17. The molecule has 2 N–H and O–H groups in total. The average Bonchev–Trinajstić information content (AvgIpc) is 3.20. The van der Waals surface area contributed by atoms with Gasteiger partial charge in [0.25, 0.3) is 11.8 Å². The highest BCUT2D eigenvalue weighted by molar-refractivity contribution is 5.99. The van der Waals surface area contributed by atoms with Crippen molar-refractivity contribution in [3.05, 3.63) is 42.2 Å². The Bertz CT molecular complexity index is 481. The predicted octanol–water partition coefficient (Wildman–Crippen LogP) is 0.890. The molecule has 1 aromatic heterocycles. The van der Waals surface area contributed by atoms with Crippen molar-refractivity contribution < 1.29 is 9.59 Å². The number of carbonyl (C=O) groups is 2. The highest BCUT2D eigenvalue weighted by Gasteiger charge is 2.24. The van der Waals surface area contributed by atoms with E-state index in [0.717, 1.165) is 12.8 Å². The van der Waals surface area contributed by atoms with E-state index in [-0.39, 0.29) is 17.9 Å². The minimum Gasteiger partial charge on any atom is -0.349 e. The van der Waals surface area contributed by atoms with Crippen molar-refractivity contribution in [2.45, 2.75) is 18.9 Å². The molecule has 0 spiro atoms. The molecule has 2 rings (SSSR count). The molecule has 1 aliphatic rings. The summed E-state index contributed by atoms with van der Waals surface area (Å²) in [5, 5.41) is 5.49. The lowest BCUT2D eigenvalue weighted by molar-refractivity contribution is 0.0950. The minimum absolute atomic E-state index is 0.177. The van der Waals surface area contributed by atoms with Crippen LogP contribution in [0.4, 0.5) is 0 Å². The first-order chi connectivity index (χ1) is 8.70. The van der Waals surface area contributed by atoms with E-state index in [1.165, 1.54) is 12.4 Å². The van der Waals surface area contributed by atoms with E-state index in [9.17, 15) is 9.59 Å². The molecule has 0 unspecified atom stereocenters. The Kier molecular flexibility index (Phi) is 3.72. The Morgan fingerprint density at radius 1 is 1.33 bits per heavy atom. The third-order valence-electron chi connectivity index (χ3n) is 2.58. The van der Waals surface area contributed by atoms with Crippen LogP contribution in [0.5, 0.6) is 0 Å². The standard InChI is InChI=1S/C13H15N3O2/c1-2-5-15-12(17)9-6-10(8-14-7-9)13(18)16-11-3-4-11/h2,6-8,11H,1,3-5H2,(H,15,17)(H,16,18). The Morgan fingerprint density at radius 2 is 2.00 bits per heavy atom. The molecule has 94 valence electrons. The summed E-state index contributed by atoms with van der Waals surface area (Å²) < 4.78 is 0. The molecule has 0 radical (unpaired) electrons. The van der Waals surface area contributed by atoms with Gasteiger partial charge in [-0.3, -0.25) is 14.6 Å². The molecule has 1 saturated carbocycles. The second-order valence-electron chi connectivity index (χ2n) is 4.21. The maximum Gasteiger partial charge on any atom is 0.253 e. The Labute approximate surface area is 105 Å². The van der Waals surface area contributed by atoms with Crippen LogP contribution in [0.2, 0.25) is 0 Å².